The van der Waals surface area contributed by atoms with Crippen LogP contribution in [0.1, 0.15) is 117 Å². The quantitative estimate of drug-likeness (QED) is 0.127. The minimum absolute atomic E-state index is 0.00671. The number of aromatic nitrogens is 1. The van der Waals surface area contributed by atoms with Gasteiger partial charge in [-0.1, -0.05) is 91.5 Å². The van der Waals surface area contributed by atoms with E-state index in [-0.39, 0.29) is 22.7 Å². The molecule has 1 aromatic heterocycles. The summed E-state index contributed by atoms with van der Waals surface area (Å²) < 4.78 is 41.2. The van der Waals surface area contributed by atoms with Crippen LogP contribution in [0, 0.1) is 0 Å². The molecular formula is C32H50N2O5S. The molecule has 0 amide bonds. The highest BCUT2D eigenvalue weighted by molar-refractivity contribution is 7.92. The van der Waals surface area contributed by atoms with Gasteiger partial charge in [-0.25, -0.2) is 13.2 Å². The third-order valence-electron chi connectivity index (χ3n) is 7.45. The first-order chi connectivity index (χ1) is 19.1. The van der Waals surface area contributed by atoms with E-state index in [4.69, 9.17) is 9.47 Å². The predicted molar refractivity (Wildman–Crippen MR) is 162 cm³/mol. The molecule has 7 nitrogen and oxygen atoms in total. The first kappa shape index (κ1) is 33.6. The minimum Gasteiger partial charge on any atom is -0.477 e. The van der Waals surface area contributed by atoms with E-state index in [1.54, 1.807) is 37.4 Å². The first-order valence-corrected chi connectivity index (χ1v) is 16.5. The van der Waals surface area contributed by atoms with Crippen molar-refractivity contribution in [2.45, 2.75) is 128 Å². The molecule has 1 heterocycles. The molecule has 0 spiro atoms. The molecule has 8 heteroatoms. The minimum atomic E-state index is -4.03. The summed E-state index contributed by atoms with van der Waals surface area (Å²) in [5.74, 6) is -0.336. The highest BCUT2D eigenvalue weighted by Crippen LogP contribution is 2.34. The van der Waals surface area contributed by atoms with Crippen molar-refractivity contribution in [1.82, 2.24) is 4.98 Å². The van der Waals surface area contributed by atoms with E-state index in [1.165, 1.54) is 51.1 Å². The Morgan fingerprint density at radius 3 is 2.17 bits per heavy atom. The number of hydrogen-bond donors (Lipinski definition) is 1. The molecule has 1 atom stereocenters. The van der Waals surface area contributed by atoms with Gasteiger partial charge in [-0.2, -0.15) is 0 Å². The van der Waals surface area contributed by atoms with E-state index in [0.29, 0.717) is 12.1 Å². The molecule has 2 aromatic rings. The lowest BCUT2D eigenvalue weighted by Crippen LogP contribution is -2.30. The van der Waals surface area contributed by atoms with E-state index in [1.807, 2.05) is 6.07 Å². The smallest absolute Gasteiger partial charge is 0.347 e. The number of benzene rings is 1. The zero-order valence-corrected chi connectivity index (χ0v) is 26.0. The SMILES string of the molecule is CCCCCCCCCCCCC(Oc1ccc(C(C)(C)CC)cc1S(=O)(=O)Nc1cccnc1)C(=O)OCC. The van der Waals surface area contributed by atoms with Gasteiger partial charge in [0.05, 0.1) is 18.5 Å². The molecule has 0 radical (unpaired) electrons. The summed E-state index contributed by atoms with van der Waals surface area (Å²) in [4.78, 5) is 16.8. The second-order valence-corrected chi connectivity index (χ2v) is 12.7. The Morgan fingerprint density at radius 1 is 0.950 bits per heavy atom. The van der Waals surface area contributed by atoms with Gasteiger partial charge in [0, 0.05) is 6.20 Å². The van der Waals surface area contributed by atoms with Crippen LogP contribution in [0.15, 0.2) is 47.6 Å². The Labute approximate surface area is 242 Å². The summed E-state index contributed by atoms with van der Waals surface area (Å²) in [6, 6.07) is 8.49. The van der Waals surface area contributed by atoms with Gasteiger partial charge in [-0.15, -0.1) is 0 Å². The summed E-state index contributed by atoms with van der Waals surface area (Å²) in [6.45, 7) is 10.4. The second-order valence-electron chi connectivity index (χ2n) is 11.1. The molecule has 0 aliphatic rings. The van der Waals surface area contributed by atoms with Crippen molar-refractivity contribution in [2.24, 2.45) is 0 Å². The van der Waals surface area contributed by atoms with E-state index in [2.05, 4.69) is 37.4 Å². The average molecular weight is 575 g/mol. The fraction of sp³-hybridized carbons (Fsp3) is 0.625. The Morgan fingerprint density at radius 2 is 1.60 bits per heavy atom. The van der Waals surface area contributed by atoms with Crippen molar-refractivity contribution in [2.75, 3.05) is 11.3 Å². The number of nitrogens with zero attached hydrogens (tertiary/aromatic N) is 1. The van der Waals surface area contributed by atoms with Crippen molar-refractivity contribution in [3.05, 3.63) is 48.3 Å². The number of hydrogen-bond acceptors (Lipinski definition) is 6. The number of pyridine rings is 1. The number of nitrogens with one attached hydrogen (secondary N) is 1. The molecule has 40 heavy (non-hydrogen) atoms. The maximum Gasteiger partial charge on any atom is 0.347 e. The number of carbonyl (C=O) groups excluding carboxylic acids is 1. The van der Waals surface area contributed by atoms with Crippen LogP contribution in [-0.2, 0) is 25.0 Å². The van der Waals surface area contributed by atoms with Gasteiger partial charge in [-0.05, 0) is 61.4 Å². The standard InChI is InChI=1S/C32H50N2O5S/c1-6-9-10-11-12-13-14-15-16-17-20-29(31(35)38-8-3)39-28-22-21-26(32(4,5)7-2)24-30(28)40(36,37)34-27-19-18-23-33-25-27/h18-19,21-25,29,34H,6-17,20H2,1-5H3. The largest absolute Gasteiger partial charge is 0.477 e. The van der Waals surface area contributed by atoms with Gasteiger partial charge in [0.2, 0.25) is 0 Å². The average Bonchev–Trinajstić information content (AvgIpc) is 2.93. The van der Waals surface area contributed by atoms with Gasteiger partial charge >= 0.3 is 5.97 Å². The molecule has 1 unspecified atom stereocenters. The van der Waals surface area contributed by atoms with Crippen LogP contribution in [0.5, 0.6) is 5.75 Å². The van der Waals surface area contributed by atoms with Gasteiger partial charge in [0.15, 0.2) is 6.10 Å². The molecule has 1 aromatic carbocycles. The molecule has 0 bridgehead atoms. The zero-order valence-electron chi connectivity index (χ0n) is 25.2. The Balaban J connectivity index is 2.18. The van der Waals surface area contributed by atoms with Crippen molar-refractivity contribution < 1.29 is 22.7 Å². The number of unbranched alkanes of at least 4 members (excludes halogenated alkanes) is 9. The van der Waals surface area contributed by atoms with Gasteiger partial charge in [0.1, 0.15) is 10.6 Å². The van der Waals surface area contributed by atoms with Crippen LogP contribution in [-0.4, -0.2) is 32.1 Å². The second kappa shape index (κ2) is 17.3. The number of anilines is 1. The first-order valence-electron chi connectivity index (χ1n) is 15.0. The Bertz CT molecular complexity index is 1120. The lowest BCUT2D eigenvalue weighted by atomic mass is 9.82. The van der Waals surface area contributed by atoms with E-state index in [0.717, 1.165) is 31.2 Å². The van der Waals surface area contributed by atoms with Crippen LogP contribution in [0.25, 0.3) is 0 Å². The number of rotatable bonds is 20. The molecular weight excluding hydrogens is 524 g/mol. The van der Waals surface area contributed by atoms with Crippen LogP contribution in [0.3, 0.4) is 0 Å². The topological polar surface area (TPSA) is 94.6 Å². The summed E-state index contributed by atoms with van der Waals surface area (Å²) in [7, 11) is -4.03. The van der Waals surface area contributed by atoms with Gasteiger partial charge < -0.3 is 9.47 Å². The molecule has 0 aliphatic carbocycles. The number of sulfonamides is 1. The summed E-state index contributed by atoms with van der Waals surface area (Å²) in [5, 5.41) is 0. The molecule has 2 rings (SSSR count). The fourth-order valence-corrected chi connectivity index (χ4v) is 5.71. The lowest BCUT2D eigenvalue weighted by molar-refractivity contribution is -0.151. The van der Waals surface area contributed by atoms with Gasteiger partial charge in [0.25, 0.3) is 10.0 Å². The van der Waals surface area contributed by atoms with E-state index >= 15 is 0 Å². The Hall–Kier alpha value is -2.61. The maximum absolute atomic E-state index is 13.6. The monoisotopic (exact) mass is 574 g/mol. The van der Waals surface area contributed by atoms with Crippen LogP contribution >= 0.6 is 0 Å². The summed E-state index contributed by atoms with van der Waals surface area (Å²) in [6.07, 6.45) is 15.3. The van der Waals surface area contributed by atoms with E-state index in [9.17, 15) is 13.2 Å². The van der Waals surface area contributed by atoms with Crippen molar-refractivity contribution in [3.8, 4) is 5.75 Å². The number of ether oxygens (including phenoxy) is 2. The third kappa shape index (κ3) is 11.1. The summed E-state index contributed by atoms with van der Waals surface area (Å²) >= 11 is 0. The highest BCUT2D eigenvalue weighted by atomic mass is 32.2. The zero-order chi connectivity index (χ0) is 29.4. The normalized spacial score (nSPS) is 12.6. The number of esters is 1. The third-order valence-corrected chi connectivity index (χ3v) is 8.85. The van der Waals surface area contributed by atoms with Crippen LogP contribution in [0.4, 0.5) is 5.69 Å². The highest BCUT2D eigenvalue weighted by Gasteiger charge is 2.29. The predicted octanol–water partition coefficient (Wildman–Crippen LogP) is 8.19. The van der Waals surface area contributed by atoms with Crippen molar-refractivity contribution >= 4 is 21.7 Å². The van der Waals surface area contributed by atoms with Gasteiger partial charge in [-0.3, -0.25) is 9.71 Å². The molecule has 1 N–H and O–H groups in total. The molecule has 0 aliphatic heterocycles. The molecule has 0 fully saturated rings. The maximum atomic E-state index is 13.6. The molecule has 224 valence electrons. The van der Waals surface area contributed by atoms with Crippen LogP contribution in [0.2, 0.25) is 0 Å². The number of carbonyl (C=O) groups is 1. The molecule has 0 saturated carbocycles. The van der Waals surface area contributed by atoms with E-state index < -0.39 is 22.1 Å². The molecule has 0 saturated heterocycles. The Kier molecular flexibility index (Phi) is 14.5. The fourth-order valence-electron chi connectivity index (χ4n) is 4.50. The summed E-state index contributed by atoms with van der Waals surface area (Å²) in [5.41, 5.74) is 0.977. The van der Waals surface area contributed by atoms with Crippen LogP contribution < -0.4 is 9.46 Å². The lowest BCUT2D eigenvalue weighted by Gasteiger charge is -2.26. The van der Waals surface area contributed by atoms with Crippen molar-refractivity contribution in [3.63, 3.8) is 0 Å². The van der Waals surface area contributed by atoms with Crippen molar-refractivity contribution in [1.29, 1.82) is 0 Å².